The van der Waals surface area contributed by atoms with Crippen LogP contribution in [-0.4, -0.2) is 60.8 Å². The lowest BCUT2D eigenvalue weighted by Crippen LogP contribution is -2.48. The quantitative estimate of drug-likeness (QED) is 0.307. The van der Waals surface area contributed by atoms with Crippen LogP contribution < -0.4 is 15.4 Å². The van der Waals surface area contributed by atoms with Crippen LogP contribution in [0.1, 0.15) is 38.7 Å². The Morgan fingerprint density at radius 1 is 1.31 bits per heavy atom. The molecule has 1 fully saturated rings. The van der Waals surface area contributed by atoms with Crippen LogP contribution in [0.3, 0.4) is 0 Å². The average molecular weight is 529 g/mol. The number of rotatable bonds is 8. The summed E-state index contributed by atoms with van der Waals surface area (Å²) < 4.78 is 41.5. The van der Waals surface area contributed by atoms with E-state index in [1.54, 1.807) is 6.07 Å². The molecule has 1 aliphatic rings. The Balaban J connectivity index is 0.00000420. The first kappa shape index (κ1) is 25.7. The van der Waals surface area contributed by atoms with E-state index in [0.717, 1.165) is 44.6 Å². The molecule has 1 aliphatic heterocycles. The topological polar surface area (TPSA) is 61.8 Å². The number of piperidine rings is 1. The highest BCUT2D eigenvalue weighted by Crippen LogP contribution is 2.18. The molecule has 10 heteroatoms. The third kappa shape index (κ3) is 10.3. The maximum atomic E-state index is 12.3. The molecule has 2 heterocycles. The minimum Gasteiger partial charge on any atom is -0.468 e. The molecule has 2 rings (SSSR count). The highest BCUT2D eigenvalue weighted by atomic mass is 127. The normalized spacial score (nSPS) is 16.2. The van der Waals surface area contributed by atoms with Crippen molar-refractivity contribution < 1.29 is 17.9 Å². The lowest BCUT2D eigenvalue weighted by molar-refractivity contribution is -0.154. The van der Waals surface area contributed by atoms with Gasteiger partial charge in [0.2, 0.25) is 5.88 Å². The van der Waals surface area contributed by atoms with Crippen molar-refractivity contribution in [3.05, 3.63) is 23.9 Å². The second kappa shape index (κ2) is 13.1. The number of alkyl halides is 3. The third-order valence-corrected chi connectivity index (χ3v) is 4.42. The van der Waals surface area contributed by atoms with Crippen LogP contribution in [-0.2, 0) is 6.54 Å². The number of hydrogen-bond acceptors (Lipinski definition) is 4. The van der Waals surface area contributed by atoms with Crippen molar-refractivity contribution in [1.29, 1.82) is 0 Å². The number of aliphatic imine (C=N–C) groups is 1. The Hall–Kier alpha value is -1.30. The van der Waals surface area contributed by atoms with Gasteiger partial charge in [-0.05, 0) is 44.4 Å². The Bertz CT molecular complexity index is 622. The van der Waals surface area contributed by atoms with Crippen molar-refractivity contribution in [2.24, 2.45) is 4.99 Å². The summed E-state index contributed by atoms with van der Waals surface area (Å²) in [7, 11) is 0. The number of ether oxygens (including phenoxy) is 1. The zero-order chi connectivity index (χ0) is 20.4. The van der Waals surface area contributed by atoms with Gasteiger partial charge in [-0.25, -0.2) is 9.98 Å². The number of nitrogens with one attached hydrogen (secondary N) is 2. The molecule has 0 atom stereocenters. The fourth-order valence-electron chi connectivity index (χ4n) is 3.08. The number of hydrogen-bond donors (Lipinski definition) is 2. The summed E-state index contributed by atoms with van der Waals surface area (Å²) in [6.07, 6.45) is 0.345. The van der Waals surface area contributed by atoms with Gasteiger partial charge in [-0.3, -0.25) is 0 Å². The van der Waals surface area contributed by atoms with Gasteiger partial charge in [0.15, 0.2) is 12.6 Å². The van der Waals surface area contributed by atoms with Gasteiger partial charge in [0.05, 0.1) is 6.54 Å². The van der Waals surface area contributed by atoms with Gasteiger partial charge in [-0.15, -0.1) is 24.0 Å². The highest BCUT2D eigenvalue weighted by molar-refractivity contribution is 14.0. The van der Waals surface area contributed by atoms with E-state index in [-0.39, 0.29) is 29.9 Å². The Labute approximate surface area is 187 Å². The number of halogens is 4. The molecule has 0 aliphatic carbocycles. The molecular formula is C19H31F3IN5O. The van der Waals surface area contributed by atoms with Crippen molar-refractivity contribution in [2.75, 3.05) is 32.8 Å². The standard InChI is InChI=1S/C19H30F3N5O.HI/c1-3-9-27-10-6-16(7-11-27)26-18(23-4-2)25-13-15-5-8-24-17(12-15)28-14-19(20,21)22;/h5,8,12,16H,3-4,6-7,9-11,13-14H2,1-2H3,(H2,23,25,26);1H. The fourth-order valence-corrected chi connectivity index (χ4v) is 3.08. The summed E-state index contributed by atoms with van der Waals surface area (Å²) in [5.74, 6) is 0.664. The predicted octanol–water partition coefficient (Wildman–Crippen LogP) is 3.57. The lowest BCUT2D eigenvalue weighted by Gasteiger charge is -2.32. The van der Waals surface area contributed by atoms with Crippen LogP contribution in [0.4, 0.5) is 13.2 Å². The van der Waals surface area contributed by atoms with Crippen molar-refractivity contribution in [2.45, 2.75) is 51.9 Å². The zero-order valence-corrected chi connectivity index (χ0v) is 19.3. The Morgan fingerprint density at radius 2 is 2.03 bits per heavy atom. The van der Waals surface area contributed by atoms with Gasteiger partial charge in [0.25, 0.3) is 0 Å². The summed E-state index contributed by atoms with van der Waals surface area (Å²) in [4.78, 5) is 10.8. The summed E-state index contributed by atoms with van der Waals surface area (Å²) in [5, 5.41) is 6.69. The van der Waals surface area contributed by atoms with Crippen LogP contribution in [0.25, 0.3) is 0 Å². The largest absolute Gasteiger partial charge is 0.468 e. The SMILES string of the molecule is CCCN1CCC(NC(=NCc2ccnc(OCC(F)(F)F)c2)NCC)CC1.I. The van der Waals surface area contributed by atoms with E-state index in [1.165, 1.54) is 18.7 Å². The van der Waals surface area contributed by atoms with E-state index in [1.807, 2.05) is 6.92 Å². The maximum Gasteiger partial charge on any atom is 0.422 e. The first-order valence-electron chi connectivity index (χ1n) is 9.81. The number of pyridine rings is 1. The van der Waals surface area contributed by atoms with Crippen LogP contribution in [0.2, 0.25) is 0 Å². The first-order valence-corrected chi connectivity index (χ1v) is 9.81. The molecule has 0 unspecified atom stereocenters. The van der Waals surface area contributed by atoms with Gasteiger partial charge in [0, 0.05) is 37.9 Å². The van der Waals surface area contributed by atoms with Crippen LogP contribution in [0, 0.1) is 0 Å². The fraction of sp³-hybridized carbons (Fsp3) is 0.684. The van der Waals surface area contributed by atoms with E-state index in [9.17, 15) is 13.2 Å². The van der Waals surface area contributed by atoms with Gasteiger partial charge < -0.3 is 20.3 Å². The van der Waals surface area contributed by atoms with Crippen LogP contribution in [0.5, 0.6) is 5.88 Å². The second-order valence-corrected chi connectivity index (χ2v) is 6.86. The van der Waals surface area contributed by atoms with Crippen molar-refractivity contribution >= 4 is 29.9 Å². The van der Waals surface area contributed by atoms with Gasteiger partial charge in [-0.1, -0.05) is 6.92 Å². The van der Waals surface area contributed by atoms with Gasteiger partial charge >= 0.3 is 6.18 Å². The Morgan fingerprint density at radius 3 is 2.66 bits per heavy atom. The molecule has 0 radical (unpaired) electrons. The average Bonchev–Trinajstić information content (AvgIpc) is 2.66. The first-order chi connectivity index (χ1) is 13.4. The van der Waals surface area contributed by atoms with E-state index >= 15 is 0 Å². The van der Waals surface area contributed by atoms with E-state index < -0.39 is 12.8 Å². The number of nitrogens with zero attached hydrogens (tertiary/aromatic N) is 3. The van der Waals surface area contributed by atoms with Gasteiger partial charge in [-0.2, -0.15) is 13.2 Å². The molecule has 0 amide bonds. The molecule has 0 bridgehead atoms. The summed E-state index contributed by atoms with van der Waals surface area (Å²) in [5.41, 5.74) is 0.738. The summed E-state index contributed by atoms with van der Waals surface area (Å²) in [6, 6.07) is 3.58. The molecule has 166 valence electrons. The molecule has 1 aromatic rings. The number of likely N-dealkylation sites (tertiary alicyclic amines) is 1. The summed E-state index contributed by atoms with van der Waals surface area (Å²) in [6.45, 7) is 7.20. The molecule has 6 nitrogen and oxygen atoms in total. The van der Waals surface area contributed by atoms with Crippen molar-refractivity contribution in [1.82, 2.24) is 20.5 Å². The van der Waals surface area contributed by atoms with Gasteiger partial charge in [0.1, 0.15) is 0 Å². The molecule has 1 aromatic heterocycles. The molecule has 2 N–H and O–H groups in total. The molecule has 0 saturated carbocycles. The minimum absolute atomic E-state index is 0. The highest BCUT2D eigenvalue weighted by Gasteiger charge is 2.28. The summed E-state index contributed by atoms with van der Waals surface area (Å²) >= 11 is 0. The van der Waals surface area contributed by atoms with Crippen molar-refractivity contribution in [3.63, 3.8) is 0 Å². The van der Waals surface area contributed by atoms with E-state index in [4.69, 9.17) is 4.74 Å². The molecule has 1 saturated heterocycles. The molecular weight excluding hydrogens is 498 g/mol. The zero-order valence-electron chi connectivity index (χ0n) is 17.0. The minimum atomic E-state index is -4.38. The van der Waals surface area contributed by atoms with Crippen molar-refractivity contribution in [3.8, 4) is 5.88 Å². The monoisotopic (exact) mass is 529 g/mol. The van der Waals surface area contributed by atoms with E-state index in [0.29, 0.717) is 18.5 Å². The van der Waals surface area contributed by atoms with E-state index in [2.05, 4.69) is 32.4 Å². The molecule has 0 spiro atoms. The second-order valence-electron chi connectivity index (χ2n) is 6.86. The maximum absolute atomic E-state index is 12.3. The molecule has 0 aromatic carbocycles. The lowest BCUT2D eigenvalue weighted by atomic mass is 10.1. The Kier molecular flexibility index (Phi) is 11.6. The third-order valence-electron chi connectivity index (χ3n) is 4.42. The molecule has 29 heavy (non-hydrogen) atoms. The predicted molar refractivity (Wildman–Crippen MR) is 119 cm³/mol. The smallest absolute Gasteiger partial charge is 0.422 e. The number of guanidine groups is 1. The van der Waals surface area contributed by atoms with Crippen LogP contribution in [0.15, 0.2) is 23.3 Å². The van der Waals surface area contributed by atoms with Crippen LogP contribution >= 0.6 is 24.0 Å². The number of aromatic nitrogens is 1.